The molecule has 7 nitrogen and oxygen atoms in total. The number of hydrogen-bond donors (Lipinski definition) is 3. The van der Waals surface area contributed by atoms with Gasteiger partial charge in [-0.05, 0) is 13.3 Å². The zero-order chi connectivity index (χ0) is 27.1. The molecule has 1 rings (SSSR count). The summed E-state index contributed by atoms with van der Waals surface area (Å²) in [6, 6.07) is 0. The van der Waals surface area contributed by atoms with Gasteiger partial charge in [0.1, 0.15) is 31.0 Å². The van der Waals surface area contributed by atoms with Crippen molar-refractivity contribution in [2.45, 2.75) is 173 Å². The molecule has 0 saturated carbocycles. The Morgan fingerprint density at radius 3 is 1.49 bits per heavy atom. The Kier molecular flexibility index (Phi) is 21.5. The van der Waals surface area contributed by atoms with E-state index in [9.17, 15) is 20.1 Å². The molecule has 0 aliphatic carbocycles. The summed E-state index contributed by atoms with van der Waals surface area (Å²) >= 11 is 0. The molecule has 1 unspecified atom stereocenters. The maximum Gasteiger partial charge on any atom is 0.305 e. The third-order valence-electron chi connectivity index (χ3n) is 7.39. The maximum atomic E-state index is 12.0. The highest BCUT2D eigenvalue weighted by Crippen LogP contribution is 2.22. The van der Waals surface area contributed by atoms with E-state index in [1.807, 2.05) is 0 Å². The largest absolute Gasteiger partial charge is 0.463 e. The molecule has 1 saturated heterocycles. The molecule has 0 amide bonds. The van der Waals surface area contributed by atoms with Crippen LogP contribution in [-0.4, -0.2) is 65.2 Å². The first-order chi connectivity index (χ1) is 18.0. The average Bonchev–Trinajstić information content (AvgIpc) is 2.89. The third-order valence-corrected chi connectivity index (χ3v) is 7.39. The van der Waals surface area contributed by atoms with Gasteiger partial charge in [0.05, 0.1) is 0 Å². The van der Waals surface area contributed by atoms with Gasteiger partial charge in [0.25, 0.3) is 0 Å². The number of ether oxygens (including phenoxy) is 3. The van der Waals surface area contributed by atoms with Crippen LogP contribution >= 0.6 is 0 Å². The summed E-state index contributed by atoms with van der Waals surface area (Å²) < 4.78 is 15.9. The van der Waals surface area contributed by atoms with Gasteiger partial charge >= 0.3 is 5.97 Å². The average molecular weight is 531 g/mol. The van der Waals surface area contributed by atoms with E-state index in [1.165, 1.54) is 103 Å². The molecule has 1 aliphatic rings. The third kappa shape index (κ3) is 16.8. The van der Waals surface area contributed by atoms with Crippen LogP contribution in [0.3, 0.4) is 0 Å². The standard InChI is InChI=1S/C30H58O7/c1-3-5-6-7-8-9-10-11-12-13-14-15-16-17-18-19-20-21-22-23-26(31)36-24-25-27(32)28(33)29(34)30(37-25)35-4-2/h25,27-30,32-34H,3-24H2,1-2H3/t25-,27-,28+,29-,30?/m1/s1. The highest BCUT2D eigenvalue weighted by molar-refractivity contribution is 5.69. The van der Waals surface area contributed by atoms with Crippen LogP contribution in [0.5, 0.6) is 0 Å². The zero-order valence-corrected chi connectivity index (χ0v) is 23.9. The fourth-order valence-electron chi connectivity index (χ4n) is 4.95. The van der Waals surface area contributed by atoms with Gasteiger partial charge in [-0.3, -0.25) is 4.79 Å². The molecule has 220 valence electrons. The van der Waals surface area contributed by atoms with Crippen molar-refractivity contribution in [2.75, 3.05) is 13.2 Å². The van der Waals surface area contributed by atoms with Gasteiger partial charge in [-0.15, -0.1) is 0 Å². The van der Waals surface area contributed by atoms with E-state index in [0.29, 0.717) is 6.42 Å². The topological polar surface area (TPSA) is 105 Å². The summed E-state index contributed by atoms with van der Waals surface area (Å²) in [5.74, 6) is -0.337. The predicted octanol–water partition coefficient (Wildman–Crippen LogP) is 6.20. The van der Waals surface area contributed by atoms with Crippen LogP contribution < -0.4 is 0 Å². The number of carbonyl (C=O) groups is 1. The lowest BCUT2D eigenvalue weighted by Crippen LogP contribution is -2.59. The van der Waals surface area contributed by atoms with Crippen molar-refractivity contribution in [3.05, 3.63) is 0 Å². The molecule has 1 aliphatic heterocycles. The van der Waals surface area contributed by atoms with Crippen LogP contribution in [0.25, 0.3) is 0 Å². The van der Waals surface area contributed by atoms with Crippen LogP contribution in [0, 0.1) is 0 Å². The van der Waals surface area contributed by atoms with Gasteiger partial charge in [-0.1, -0.05) is 122 Å². The maximum absolute atomic E-state index is 12.0. The van der Waals surface area contributed by atoms with Gasteiger partial charge in [0, 0.05) is 13.0 Å². The molecular formula is C30H58O7. The van der Waals surface area contributed by atoms with Gasteiger partial charge < -0.3 is 29.5 Å². The quantitative estimate of drug-likeness (QED) is 0.101. The van der Waals surface area contributed by atoms with E-state index in [0.717, 1.165) is 19.3 Å². The van der Waals surface area contributed by atoms with E-state index >= 15 is 0 Å². The Balaban J connectivity index is 1.88. The number of carbonyl (C=O) groups excluding carboxylic acids is 1. The molecule has 7 heteroatoms. The molecule has 0 bridgehead atoms. The summed E-state index contributed by atoms with van der Waals surface area (Å²) in [7, 11) is 0. The van der Waals surface area contributed by atoms with Gasteiger partial charge in [-0.2, -0.15) is 0 Å². The zero-order valence-electron chi connectivity index (χ0n) is 23.9. The monoisotopic (exact) mass is 530 g/mol. The van der Waals surface area contributed by atoms with Crippen molar-refractivity contribution in [2.24, 2.45) is 0 Å². The van der Waals surface area contributed by atoms with E-state index < -0.39 is 30.7 Å². The lowest BCUT2D eigenvalue weighted by atomic mass is 9.99. The van der Waals surface area contributed by atoms with Crippen molar-refractivity contribution in [1.29, 1.82) is 0 Å². The van der Waals surface area contributed by atoms with Crippen LogP contribution in [0.2, 0.25) is 0 Å². The molecular weight excluding hydrogens is 472 g/mol. The predicted molar refractivity (Wildman–Crippen MR) is 147 cm³/mol. The fraction of sp³-hybridized carbons (Fsp3) is 0.967. The van der Waals surface area contributed by atoms with E-state index in [4.69, 9.17) is 14.2 Å². The summed E-state index contributed by atoms with van der Waals surface area (Å²) in [4.78, 5) is 12.0. The first-order valence-electron chi connectivity index (χ1n) is 15.5. The normalized spacial score (nSPS) is 23.9. The first kappa shape index (κ1) is 34.3. The SMILES string of the molecule is CCCCCCCCCCCCCCCCCCCCCC(=O)OC[C@H]1OC(OCC)[C@H](O)[C@@H](O)[C@@H]1O. The van der Waals surface area contributed by atoms with E-state index in [-0.39, 0.29) is 19.2 Å². The first-order valence-corrected chi connectivity index (χ1v) is 15.5. The smallest absolute Gasteiger partial charge is 0.305 e. The number of aliphatic hydroxyl groups excluding tert-OH is 3. The molecule has 1 heterocycles. The number of rotatable bonds is 24. The number of unbranched alkanes of at least 4 members (excludes halogenated alkanes) is 18. The second kappa shape index (κ2) is 23.2. The minimum atomic E-state index is -1.41. The Morgan fingerprint density at radius 2 is 1.05 bits per heavy atom. The van der Waals surface area contributed by atoms with E-state index in [2.05, 4.69) is 6.92 Å². The second-order valence-corrected chi connectivity index (χ2v) is 10.8. The molecule has 3 N–H and O–H groups in total. The van der Waals surface area contributed by atoms with Crippen LogP contribution in [-0.2, 0) is 19.0 Å². The minimum absolute atomic E-state index is 0.174. The Hall–Kier alpha value is -0.730. The Bertz CT molecular complexity index is 530. The van der Waals surface area contributed by atoms with Crippen molar-refractivity contribution < 1.29 is 34.3 Å². The number of esters is 1. The van der Waals surface area contributed by atoms with E-state index in [1.54, 1.807) is 6.92 Å². The Labute approximate surface area is 226 Å². The molecule has 0 aromatic carbocycles. The van der Waals surface area contributed by atoms with Crippen molar-refractivity contribution in [3.63, 3.8) is 0 Å². The van der Waals surface area contributed by atoms with Gasteiger partial charge in [0.2, 0.25) is 0 Å². The lowest BCUT2D eigenvalue weighted by molar-refractivity contribution is -0.300. The minimum Gasteiger partial charge on any atom is -0.463 e. The summed E-state index contributed by atoms with van der Waals surface area (Å²) in [5.41, 5.74) is 0. The fourth-order valence-corrected chi connectivity index (χ4v) is 4.95. The van der Waals surface area contributed by atoms with Crippen molar-refractivity contribution in [1.82, 2.24) is 0 Å². The van der Waals surface area contributed by atoms with Crippen molar-refractivity contribution in [3.8, 4) is 0 Å². The van der Waals surface area contributed by atoms with Crippen molar-refractivity contribution >= 4 is 5.97 Å². The lowest BCUT2D eigenvalue weighted by Gasteiger charge is -2.39. The van der Waals surface area contributed by atoms with Crippen LogP contribution in [0.15, 0.2) is 0 Å². The summed E-state index contributed by atoms with van der Waals surface area (Å²) in [5, 5.41) is 29.9. The molecule has 5 atom stereocenters. The summed E-state index contributed by atoms with van der Waals surface area (Å²) in [6.45, 7) is 4.13. The molecule has 0 radical (unpaired) electrons. The Morgan fingerprint density at radius 1 is 0.622 bits per heavy atom. The number of hydrogen-bond acceptors (Lipinski definition) is 7. The molecule has 37 heavy (non-hydrogen) atoms. The second-order valence-electron chi connectivity index (χ2n) is 10.8. The molecule has 0 aromatic rings. The highest BCUT2D eigenvalue weighted by atomic mass is 16.7. The molecule has 0 aromatic heterocycles. The highest BCUT2D eigenvalue weighted by Gasteiger charge is 2.44. The van der Waals surface area contributed by atoms with Gasteiger partial charge in [-0.25, -0.2) is 0 Å². The molecule has 1 fully saturated rings. The number of aliphatic hydroxyl groups is 3. The summed E-state index contributed by atoms with van der Waals surface area (Å²) in [6.07, 6.45) is 19.2. The van der Waals surface area contributed by atoms with Crippen LogP contribution in [0.1, 0.15) is 142 Å². The van der Waals surface area contributed by atoms with Crippen LogP contribution in [0.4, 0.5) is 0 Å². The molecule has 0 spiro atoms. The van der Waals surface area contributed by atoms with Gasteiger partial charge in [0.15, 0.2) is 6.29 Å².